The van der Waals surface area contributed by atoms with Gasteiger partial charge in [-0.3, -0.25) is 14.2 Å². The van der Waals surface area contributed by atoms with Crippen molar-refractivity contribution in [3.8, 4) is 5.75 Å². The van der Waals surface area contributed by atoms with Crippen molar-refractivity contribution < 1.29 is 14.3 Å². The minimum Gasteiger partial charge on any atom is -0.424 e. The lowest BCUT2D eigenvalue weighted by Gasteiger charge is -1.99. The average Bonchev–Trinajstić information content (AvgIpc) is 2.57. The van der Waals surface area contributed by atoms with Crippen molar-refractivity contribution in [2.75, 3.05) is 0 Å². The van der Waals surface area contributed by atoms with Crippen LogP contribution in [0.5, 0.6) is 5.75 Å². The van der Waals surface area contributed by atoms with E-state index in [9.17, 15) is 9.59 Å². The summed E-state index contributed by atoms with van der Waals surface area (Å²) in [4.78, 5) is 22.4. The van der Waals surface area contributed by atoms with Gasteiger partial charge in [-0.2, -0.15) is 0 Å². The number of carbonyl (C=O) groups is 2. The van der Waals surface area contributed by atoms with Gasteiger partial charge in [0.25, 0.3) is 0 Å². The van der Waals surface area contributed by atoms with Crippen molar-refractivity contribution in [3.63, 3.8) is 0 Å². The Bertz CT molecular complexity index is 615. The normalized spacial score (nSPS) is 10.5. The molecule has 88 valence electrons. The van der Waals surface area contributed by atoms with E-state index in [2.05, 4.69) is 0 Å². The van der Waals surface area contributed by atoms with Crippen LogP contribution in [0.25, 0.3) is 10.9 Å². The SMILES string of the molecule is CC(=O)Oc1cn(C(C)=O)c2cccc(Cl)c12. The van der Waals surface area contributed by atoms with Crippen molar-refractivity contribution in [1.29, 1.82) is 0 Å². The fourth-order valence-corrected chi connectivity index (χ4v) is 1.96. The summed E-state index contributed by atoms with van der Waals surface area (Å²) >= 11 is 6.05. The second kappa shape index (κ2) is 4.22. The molecule has 0 unspecified atom stereocenters. The number of hydrogen-bond donors (Lipinski definition) is 0. The number of esters is 1. The van der Waals surface area contributed by atoms with Gasteiger partial charge in [0.1, 0.15) is 0 Å². The summed E-state index contributed by atoms with van der Waals surface area (Å²) in [6.07, 6.45) is 1.47. The van der Waals surface area contributed by atoms with Crippen LogP contribution in [0, 0.1) is 0 Å². The Kier molecular flexibility index (Phi) is 2.90. The third kappa shape index (κ3) is 2.03. The fraction of sp³-hybridized carbons (Fsp3) is 0.167. The molecule has 0 aliphatic rings. The number of ether oxygens (including phenoxy) is 1. The Morgan fingerprint density at radius 3 is 2.59 bits per heavy atom. The lowest BCUT2D eigenvalue weighted by Crippen LogP contribution is -2.03. The number of aromatic nitrogens is 1. The van der Waals surface area contributed by atoms with Crippen molar-refractivity contribution in [2.24, 2.45) is 0 Å². The number of halogens is 1. The second-order valence-corrected chi connectivity index (χ2v) is 4.02. The Morgan fingerprint density at radius 2 is 2.00 bits per heavy atom. The molecule has 1 aromatic carbocycles. The average molecular weight is 252 g/mol. The van der Waals surface area contributed by atoms with E-state index >= 15 is 0 Å². The molecule has 2 rings (SSSR count). The Labute approximate surface area is 103 Å². The van der Waals surface area contributed by atoms with Crippen LogP contribution in [0.1, 0.15) is 18.6 Å². The van der Waals surface area contributed by atoms with Crippen LogP contribution in [-0.4, -0.2) is 16.4 Å². The number of nitrogens with zero attached hydrogens (tertiary/aromatic N) is 1. The van der Waals surface area contributed by atoms with Gasteiger partial charge in [-0.05, 0) is 12.1 Å². The van der Waals surface area contributed by atoms with Crippen molar-refractivity contribution in [3.05, 3.63) is 29.4 Å². The van der Waals surface area contributed by atoms with Crippen LogP contribution in [0.15, 0.2) is 24.4 Å². The lowest BCUT2D eigenvalue weighted by atomic mass is 10.2. The summed E-state index contributed by atoms with van der Waals surface area (Å²) in [5.74, 6) is -0.323. The third-order valence-electron chi connectivity index (χ3n) is 2.34. The third-order valence-corrected chi connectivity index (χ3v) is 2.65. The molecule has 1 aromatic heterocycles. The minimum absolute atomic E-state index is 0.171. The Balaban J connectivity index is 2.75. The highest BCUT2D eigenvalue weighted by Crippen LogP contribution is 2.34. The zero-order valence-electron chi connectivity index (χ0n) is 9.36. The summed E-state index contributed by atoms with van der Waals surface area (Å²) in [5, 5.41) is 1.01. The molecular weight excluding hydrogens is 242 g/mol. The summed E-state index contributed by atoms with van der Waals surface area (Å²) < 4.78 is 6.44. The van der Waals surface area contributed by atoms with E-state index in [1.54, 1.807) is 18.2 Å². The first-order valence-electron chi connectivity index (χ1n) is 4.99. The molecular formula is C12H10ClNO3. The molecule has 0 saturated heterocycles. The molecule has 0 aliphatic carbocycles. The summed E-state index contributed by atoms with van der Waals surface area (Å²) in [6.45, 7) is 2.73. The van der Waals surface area contributed by atoms with Crippen molar-refractivity contribution in [2.45, 2.75) is 13.8 Å². The van der Waals surface area contributed by atoms with Gasteiger partial charge < -0.3 is 4.74 Å². The number of carbonyl (C=O) groups excluding carboxylic acids is 2. The van der Waals surface area contributed by atoms with Gasteiger partial charge in [0, 0.05) is 13.8 Å². The van der Waals surface area contributed by atoms with Crippen LogP contribution in [-0.2, 0) is 4.79 Å². The van der Waals surface area contributed by atoms with Gasteiger partial charge in [0.05, 0.1) is 22.1 Å². The fourth-order valence-electron chi connectivity index (χ4n) is 1.70. The molecule has 17 heavy (non-hydrogen) atoms. The van der Waals surface area contributed by atoms with Gasteiger partial charge in [-0.1, -0.05) is 17.7 Å². The maximum atomic E-state index is 11.4. The van der Waals surface area contributed by atoms with E-state index in [0.29, 0.717) is 21.7 Å². The highest BCUT2D eigenvalue weighted by Gasteiger charge is 2.15. The first-order valence-corrected chi connectivity index (χ1v) is 5.37. The van der Waals surface area contributed by atoms with Crippen LogP contribution >= 0.6 is 11.6 Å². The Morgan fingerprint density at radius 1 is 1.29 bits per heavy atom. The topological polar surface area (TPSA) is 48.3 Å². The quantitative estimate of drug-likeness (QED) is 0.732. The van der Waals surface area contributed by atoms with Gasteiger partial charge in [-0.25, -0.2) is 0 Å². The summed E-state index contributed by atoms with van der Waals surface area (Å²) in [6, 6.07) is 5.17. The van der Waals surface area contributed by atoms with Crippen molar-refractivity contribution >= 4 is 34.4 Å². The molecule has 4 nitrogen and oxygen atoms in total. The molecule has 2 aromatic rings. The van der Waals surface area contributed by atoms with E-state index in [4.69, 9.17) is 16.3 Å². The van der Waals surface area contributed by atoms with Crippen LogP contribution in [0.3, 0.4) is 0 Å². The molecule has 0 atom stereocenters. The number of rotatable bonds is 1. The molecule has 0 spiro atoms. The zero-order valence-corrected chi connectivity index (χ0v) is 10.1. The van der Waals surface area contributed by atoms with E-state index in [-0.39, 0.29) is 5.91 Å². The van der Waals surface area contributed by atoms with E-state index in [1.165, 1.54) is 24.6 Å². The highest BCUT2D eigenvalue weighted by atomic mass is 35.5. The van der Waals surface area contributed by atoms with Gasteiger partial charge in [0.15, 0.2) is 5.75 Å². The largest absolute Gasteiger partial charge is 0.424 e. The maximum absolute atomic E-state index is 11.4. The molecule has 1 heterocycles. The molecule has 0 N–H and O–H groups in total. The van der Waals surface area contributed by atoms with Crippen LogP contribution in [0.2, 0.25) is 5.02 Å². The smallest absolute Gasteiger partial charge is 0.308 e. The molecule has 0 amide bonds. The van der Waals surface area contributed by atoms with E-state index < -0.39 is 5.97 Å². The summed E-state index contributed by atoms with van der Waals surface area (Å²) in [7, 11) is 0. The minimum atomic E-state index is -0.451. The standard InChI is InChI=1S/C12H10ClNO3/c1-7(15)14-6-11(17-8(2)16)12-9(13)4-3-5-10(12)14/h3-6H,1-2H3. The van der Waals surface area contributed by atoms with Gasteiger partial charge in [-0.15, -0.1) is 0 Å². The molecule has 0 radical (unpaired) electrons. The first-order chi connectivity index (χ1) is 8.00. The van der Waals surface area contributed by atoms with Crippen molar-refractivity contribution in [1.82, 2.24) is 4.57 Å². The monoisotopic (exact) mass is 251 g/mol. The first kappa shape index (κ1) is 11.7. The zero-order chi connectivity index (χ0) is 12.6. The second-order valence-electron chi connectivity index (χ2n) is 3.61. The van der Waals surface area contributed by atoms with E-state index in [1.807, 2.05) is 0 Å². The molecule has 0 fully saturated rings. The molecule has 0 saturated carbocycles. The maximum Gasteiger partial charge on any atom is 0.308 e. The van der Waals surface area contributed by atoms with Gasteiger partial charge in [0.2, 0.25) is 5.91 Å². The number of hydrogen-bond acceptors (Lipinski definition) is 3. The van der Waals surface area contributed by atoms with E-state index in [0.717, 1.165) is 0 Å². The number of fused-ring (bicyclic) bond motifs is 1. The predicted molar refractivity (Wildman–Crippen MR) is 64.6 cm³/mol. The molecule has 0 aliphatic heterocycles. The Hall–Kier alpha value is -1.81. The number of benzene rings is 1. The molecule has 0 bridgehead atoms. The lowest BCUT2D eigenvalue weighted by molar-refractivity contribution is -0.131. The van der Waals surface area contributed by atoms with Crippen LogP contribution < -0.4 is 4.74 Å². The predicted octanol–water partition coefficient (Wildman–Crippen LogP) is 2.88. The highest BCUT2D eigenvalue weighted by molar-refractivity contribution is 6.36. The summed E-state index contributed by atoms with van der Waals surface area (Å²) in [5.41, 5.74) is 0.626. The van der Waals surface area contributed by atoms with Gasteiger partial charge >= 0.3 is 5.97 Å². The molecule has 5 heteroatoms. The van der Waals surface area contributed by atoms with Crippen LogP contribution in [0.4, 0.5) is 0 Å².